The van der Waals surface area contributed by atoms with Gasteiger partial charge in [0, 0.05) is 16.9 Å². The molecule has 0 aliphatic heterocycles. The van der Waals surface area contributed by atoms with Crippen molar-refractivity contribution in [3.8, 4) is 0 Å². The second kappa shape index (κ2) is 6.75. The highest BCUT2D eigenvalue weighted by Crippen LogP contribution is 2.21. The molecule has 1 amide bonds. The van der Waals surface area contributed by atoms with Gasteiger partial charge in [-0.3, -0.25) is 9.59 Å². The molecule has 0 aromatic heterocycles. The molecular weight excluding hydrogens is 321 g/mol. The smallest absolute Gasteiger partial charge is 0.303 e. The highest BCUT2D eigenvalue weighted by molar-refractivity contribution is 9.10. The fourth-order valence-corrected chi connectivity index (χ4v) is 1.95. The Morgan fingerprint density at radius 3 is 2.78 bits per heavy atom. The Labute approximate surface area is 118 Å². The van der Waals surface area contributed by atoms with E-state index in [2.05, 4.69) is 21.2 Å². The van der Waals surface area contributed by atoms with Gasteiger partial charge in [-0.25, -0.2) is 0 Å². The van der Waals surface area contributed by atoms with Crippen LogP contribution in [0.2, 0.25) is 5.02 Å². The standard InChI is InChI=1S/C12H13BrClNO3/c1-7(2-5-11(16)17)15-12(18)9-6-8(13)3-4-10(9)14/h3-4,6-7H,2,5H2,1H3,(H,15,18)(H,16,17). The highest BCUT2D eigenvalue weighted by atomic mass is 79.9. The minimum Gasteiger partial charge on any atom is -0.481 e. The third-order valence-electron chi connectivity index (χ3n) is 2.34. The van der Waals surface area contributed by atoms with Crippen LogP contribution < -0.4 is 5.32 Å². The number of hydrogen-bond donors (Lipinski definition) is 2. The van der Waals surface area contributed by atoms with Crippen LogP contribution >= 0.6 is 27.5 Å². The number of carbonyl (C=O) groups is 2. The maximum atomic E-state index is 11.9. The van der Waals surface area contributed by atoms with Crippen LogP contribution in [0.5, 0.6) is 0 Å². The van der Waals surface area contributed by atoms with Gasteiger partial charge in [0.2, 0.25) is 0 Å². The first-order chi connectivity index (χ1) is 8.40. The van der Waals surface area contributed by atoms with Crippen LogP contribution in [0.3, 0.4) is 0 Å². The summed E-state index contributed by atoms with van der Waals surface area (Å²) < 4.78 is 0.759. The van der Waals surface area contributed by atoms with Crippen molar-refractivity contribution in [1.29, 1.82) is 0 Å². The van der Waals surface area contributed by atoms with Crippen molar-refractivity contribution >= 4 is 39.4 Å². The number of carboxylic acid groups (broad SMARTS) is 1. The second-order valence-corrected chi connectivity index (χ2v) is 5.25. The van der Waals surface area contributed by atoms with Crippen molar-refractivity contribution < 1.29 is 14.7 Å². The number of hydrogen-bond acceptors (Lipinski definition) is 2. The van der Waals surface area contributed by atoms with Gasteiger partial charge in [0.15, 0.2) is 0 Å². The average Bonchev–Trinajstić information content (AvgIpc) is 2.29. The summed E-state index contributed by atoms with van der Waals surface area (Å²) in [7, 11) is 0. The first-order valence-corrected chi connectivity index (χ1v) is 6.55. The summed E-state index contributed by atoms with van der Waals surface area (Å²) in [6.07, 6.45) is 0.403. The average molecular weight is 335 g/mol. The van der Waals surface area contributed by atoms with E-state index >= 15 is 0 Å². The Bertz CT molecular complexity index is 465. The first kappa shape index (κ1) is 15.0. The van der Waals surface area contributed by atoms with Gasteiger partial charge in [0.05, 0.1) is 10.6 Å². The molecular formula is C12H13BrClNO3. The number of aliphatic carboxylic acids is 1. The van der Waals surface area contributed by atoms with Crippen molar-refractivity contribution in [2.24, 2.45) is 0 Å². The van der Waals surface area contributed by atoms with Crippen LogP contribution in [-0.4, -0.2) is 23.0 Å². The van der Waals surface area contributed by atoms with E-state index < -0.39 is 5.97 Å². The lowest BCUT2D eigenvalue weighted by atomic mass is 10.1. The first-order valence-electron chi connectivity index (χ1n) is 5.38. The normalized spacial score (nSPS) is 11.9. The zero-order valence-corrected chi connectivity index (χ0v) is 12.1. The van der Waals surface area contributed by atoms with E-state index in [9.17, 15) is 9.59 Å². The Hall–Kier alpha value is -1.07. The summed E-state index contributed by atoms with van der Waals surface area (Å²) >= 11 is 9.19. The molecule has 1 aromatic carbocycles. The molecule has 0 saturated heterocycles. The molecule has 4 nitrogen and oxygen atoms in total. The van der Waals surface area contributed by atoms with Gasteiger partial charge >= 0.3 is 5.97 Å². The molecule has 0 aliphatic carbocycles. The topological polar surface area (TPSA) is 66.4 Å². The molecule has 1 unspecified atom stereocenters. The highest BCUT2D eigenvalue weighted by Gasteiger charge is 2.14. The van der Waals surface area contributed by atoms with Gasteiger partial charge in [0.1, 0.15) is 0 Å². The molecule has 0 heterocycles. The number of carbonyl (C=O) groups excluding carboxylic acids is 1. The molecule has 1 atom stereocenters. The summed E-state index contributed by atoms with van der Waals surface area (Å²) in [5.74, 6) is -1.18. The van der Waals surface area contributed by atoms with Gasteiger partial charge in [-0.1, -0.05) is 27.5 Å². The number of amides is 1. The number of rotatable bonds is 5. The molecule has 1 aromatic rings. The van der Waals surface area contributed by atoms with Gasteiger partial charge in [-0.15, -0.1) is 0 Å². The monoisotopic (exact) mass is 333 g/mol. The zero-order chi connectivity index (χ0) is 13.7. The zero-order valence-electron chi connectivity index (χ0n) is 9.74. The number of carboxylic acids is 1. The van der Waals surface area contributed by atoms with Crippen LogP contribution in [0.4, 0.5) is 0 Å². The van der Waals surface area contributed by atoms with E-state index in [1.807, 2.05) is 0 Å². The van der Waals surface area contributed by atoms with Crippen molar-refractivity contribution in [3.63, 3.8) is 0 Å². The van der Waals surface area contributed by atoms with E-state index in [4.69, 9.17) is 16.7 Å². The molecule has 1 rings (SSSR count). The third-order valence-corrected chi connectivity index (χ3v) is 3.16. The quantitative estimate of drug-likeness (QED) is 0.869. The lowest BCUT2D eigenvalue weighted by Gasteiger charge is -2.13. The summed E-state index contributed by atoms with van der Waals surface area (Å²) in [5.41, 5.74) is 0.369. The molecule has 0 fully saturated rings. The molecule has 98 valence electrons. The molecule has 18 heavy (non-hydrogen) atoms. The summed E-state index contributed by atoms with van der Waals surface area (Å²) in [6.45, 7) is 1.76. The Morgan fingerprint density at radius 1 is 1.50 bits per heavy atom. The predicted octanol–water partition coefficient (Wildman–Crippen LogP) is 3.09. The van der Waals surface area contributed by atoms with E-state index in [0.29, 0.717) is 17.0 Å². The lowest BCUT2D eigenvalue weighted by Crippen LogP contribution is -2.33. The fraction of sp³-hybridized carbons (Fsp3) is 0.333. The van der Waals surface area contributed by atoms with Crippen LogP contribution in [0.15, 0.2) is 22.7 Å². The van der Waals surface area contributed by atoms with E-state index in [0.717, 1.165) is 4.47 Å². The SMILES string of the molecule is CC(CCC(=O)O)NC(=O)c1cc(Br)ccc1Cl. The fourth-order valence-electron chi connectivity index (χ4n) is 1.39. The largest absolute Gasteiger partial charge is 0.481 e. The predicted molar refractivity (Wildman–Crippen MR) is 73.0 cm³/mol. The van der Waals surface area contributed by atoms with Crippen LogP contribution in [-0.2, 0) is 4.79 Å². The third kappa shape index (κ3) is 4.66. The maximum absolute atomic E-state index is 11.9. The lowest BCUT2D eigenvalue weighted by molar-refractivity contribution is -0.137. The molecule has 0 saturated carbocycles. The summed E-state index contributed by atoms with van der Waals surface area (Å²) in [6, 6.07) is 4.78. The van der Waals surface area contributed by atoms with Crippen molar-refractivity contribution in [2.45, 2.75) is 25.8 Å². The van der Waals surface area contributed by atoms with Gasteiger partial charge in [-0.05, 0) is 31.5 Å². The Kier molecular flexibility index (Phi) is 5.62. The van der Waals surface area contributed by atoms with Crippen LogP contribution in [0.25, 0.3) is 0 Å². The molecule has 6 heteroatoms. The molecule has 0 aliphatic rings. The van der Waals surface area contributed by atoms with Gasteiger partial charge in [-0.2, -0.15) is 0 Å². The van der Waals surface area contributed by atoms with E-state index in [-0.39, 0.29) is 18.4 Å². The van der Waals surface area contributed by atoms with Gasteiger partial charge < -0.3 is 10.4 Å². The van der Waals surface area contributed by atoms with Gasteiger partial charge in [0.25, 0.3) is 5.91 Å². The number of halogens is 2. The van der Waals surface area contributed by atoms with Crippen molar-refractivity contribution in [3.05, 3.63) is 33.3 Å². The van der Waals surface area contributed by atoms with E-state index in [1.54, 1.807) is 25.1 Å². The minimum absolute atomic E-state index is 0.0215. The van der Waals surface area contributed by atoms with Crippen molar-refractivity contribution in [1.82, 2.24) is 5.32 Å². The molecule has 0 spiro atoms. The van der Waals surface area contributed by atoms with Crippen LogP contribution in [0, 0.1) is 0 Å². The Morgan fingerprint density at radius 2 is 2.17 bits per heavy atom. The molecule has 0 bridgehead atoms. The molecule has 2 N–H and O–H groups in total. The summed E-state index contributed by atoms with van der Waals surface area (Å²) in [5, 5.41) is 11.6. The van der Waals surface area contributed by atoms with Crippen molar-refractivity contribution in [2.75, 3.05) is 0 Å². The number of benzene rings is 1. The van der Waals surface area contributed by atoms with Crippen LogP contribution in [0.1, 0.15) is 30.1 Å². The molecule has 0 radical (unpaired) electrons. The maximum Gasteiger partial charge on any atom is 0.303 e. The van der Waals surface area contributed by atoms with E-state index in [1.165, 1.54) is 0 Å². The number of nitrogens with one attached hydrogen (secondary N) is 1. The minimum atomic E-state index is -0.878. The summed E-state index contributed by atoms with van der Waals surface area (Å²) in [4.78, 5) is 22.3. The Balaban J connectivity index is 2.64. The second-order valence-electron chi connectivity index (χ2n) is 3.93.